The van der Waals surface area contributed by atoms with Gasteiger partial charge >= 0.3 is 0 Å². The maximum atomic E-state index is 11.5. The molecule has 0 aliphatic rings. The van der Waals surface area contributed by atoms with Gasteiger partial charge in [-0.1, -0.05) is 18.2 Å². The van der Waals surface area contributed by atoms with Crippen molar-refractivity contribution < 1.29 is 4.79 Å². The van der Waals surface area contributed by atoms with Gasteiger partial charge in [-0.15, -0.1) is 0 Å². The number of aromatic nitrogens is 2. The predicted octanol–water partition coefficient (Wildman–Crippen LogP) is 0.812. The van der Waals surface area contributed by atoms with Crippen LogP contribution in [-0.4, -0.2) is 15.9 Å². The fraction of sp³-hybridized carbons (Fsp3) is 0.0833. The molecule has 0 radical (unpaired) electrons. The Hall–Kier alpha value is -2.43. The van der Waals surface area contributed by atoms with Crippen molar-refractivity contribution in [3.05, 3.63) is 46.5 Å². The van der Waals surface area contributed by atoms with Gasteiger partial charge in [0, 0.05) is 6.42 Å². The Labute approximate surface area is 97.0 Å². The third-order valence-corrected chi connectivity index (χ3v) is 2.29. The minimum absolute atomic E-state index is 0.180. The lowest BCUT2D eigenvalue weighted by atomic mass is 10.1. The van der Waals surface area contributed by atoms with Crippen molar-refractivity contribution in [3.8, 4) is 0 Å². The summed E-state index contributed by atoms with van der Waals surface area (Å²) in [5.41, 5.74) is 6.31. The summed E-state index contributed by atoms with van der Waals surface area (Å²) in [7, 11) is 0. The van der Waals surface area contributed by atoms with Gasteiger partial charge in [0.2, 0.25) is 5.91 Å². The van der Waals surface area contributed by atoms with Gasteiger partial charge in [-0.05, 0) is 17.7 Å². The highest BCUT2D eigenvalue weighted by Gasteiger charge is 1.99. The van der Waals surface area contributed by atoms with Crippen LogP contribution >= 0.6 is 0 Å². The van der Waals surface area contributed by atoms with Crippen LogP contribution in [0, 0.1) is 0 Å². The third kappa shape index (κ3) is 2.57. The van der Waals surface area contributed by atoms with Crippen LogP contribution in [-0.2, 0) is 4.79 Å². The van der Waals surface area contributed by atoms with E-state index in [1.54, 1.807) is 24.3 Å². The molecular weight excluding hydrogens is 218 g/mol. The molecule has 0 unspecified atom stereocenters. The number of carbonyl (C=O) groups excluding carboxylic acids is 1. The highest BCUT2D eigenvalue weighted by molar-refractivity contribution is 5.81. The summed E-state index contributed by atoms with van der Waals surface area (Å²) in [6.45, 7) is 0. The molecular formula is C12H11N3O2. The Kier molecular flexibility index (Phi) is 3.00. The first-order chi connectivity index (χ1) is 8.16. The lowest BCUT2D eigenvalue weighted by molar-refractivity contribution is -0.117. The topological polar surface area (TPSA) is 88.8 Å². The molecule has 0 fully saturated rings. The van der Waals surface area contributed by atoms with Gasteiger partial charge in [-0.2, -0.15) is 0 Å². The van der Waals surface area contributed by atoms with Crippen LogP contribution in [0.3, 0.4) is 0 Å². The second-order valence-corrected chi connectivity index (χ2v) is 3.58. The summed E-state index contributed by atoms with van der Waals surface area (Å²) >= 11 is 0. The van der Waals surface area contributed by atoms with Crippen LogP contribution in [0.1, 0.15) is 12.0 Å². The minimum atomic E-state index is -0.387. The fourth-order valence-electron chi connectivity index (χ4n) is 1.50. The highest BCUT2D eigenvalue weighted by Crippen LogP contribution is 2.10. The van der Waals surface area contributed by atoms with Gasteiger partial charge in [0.25, 0.3) is 5.56 Å². The van der Waals surface area contributed by atoms with Crippen molar-refractivity contribution >= 4 is 22.9 Å². The molecule has 1 aromatic heterocycles. The van der Waals surface area contributed by atoms with E-state index in [0.717, 1.165) is 5.56 Å². The van der Waals surface area contributed by atoms with E-state index < -0.39 is 0 Å². The van der Waals surface area contributed by atoms with Crippen LogP contribution < -0.4 is 11.3 Å². The molecule has 0 aliphatic carbocycles. The molecule has 0 atom stereocenters. The van der Waals surface area contributed by atoms with Crippen molar-refractivity contribution in [3.63, 3.8) is 0 Å². The van der Waals surface area contributed by atoms with Crippen molar-refractivity contribution in [2.45, 2.75) is 6.42 Å². The Morgan fingerprint density at radius 3 is 3.06 bits per heavy atom. The predicted molar refractivity (Wildman–Crippen MR) is 65.2 cm³/mol. The van der Waals surface area contributed by atoms with Gasteiger partial charge < -0.3 is 10.7 Å². The second-order valence-electron chi connectivity index (χ2n) is 3.58. The Bertz CT molecular complexity index is 643. The van der Waals surface area contributed by atoms with E-state index in [0.29, 0.717) is 10.9 Å². The van der Waals surface area contributed by atoms with Crippen LogP contribution in [0.5, 0.6) is 0 Å². The van der Waals surface area contributed by atoms with E-state index in [9.17, 15) is 9.59 Å². The maximum Gasteiger partial charge on any atom is 0.258 e. The minimum Gasteiger partial charge on any atom is -0.369 e. The van der Waals surface area contributed by atoms with E-state index in [-0.39, 0.29) is 17.9 Å². The molecule has 0 saturated heterocycles. The molecule has 3 N–H and O–H groups in total. The first-order valence-corrected chi connectivity index (χ1v) is 5.09. The Morgan fingerprint density at radius 1 is 1.47 bits per heavy atom. The number of nitrogens with zero attached hydrogens (tertiary/aromatic N) is 1. The number of benzene rings is 1. The summed E-state index contributed by atoms with van der Waals surface area (Å²) in [4.78, 5) is 28.6. The monoisotopic (exact) mass is 229 g/mol. The number of hydrogen-bond donors (Lipinski definition) is 2. The number of hydrogen-bond acceptors (Lipinski definition) is 3. The molecule has 5 nitrogen and oxygen atoms in total. The number of H-pyrrole nitrogens is 1. The molecule has 1 heterocycles. The van der Waals surface area contributed by atoms with Gasteiger partial charge in [-0.25, -0.2) is 4.98 Å². The van der Waals surface area contributed by atoms with Crippen molar-refractivity contribution in [1.82, 2.24) is 9.97 Å². The standard InChI is InChI=1S/C12H11N3O2/c13-11(16)3-1-2-8-4-5-10-9(6-8)12(17)15-7-14-10/h1-2,4-7H,3H2,(H2,13,16)(H,14,15,17). The van der Waals surface area contributed by atoms with Gasteiger partial charge in [0.15, 0.2) is 0 Å². The van der Waals surface area contributed by atoms with E-state index in [1.165, 1.54) is 6.33 Å². The zero-order valence-electron chi connectivity index (χ0n) is 9.01. The lowest BCUT2D eigenvalue weighted by Gasteiger charge is -1.97. The highest BCUT2D eigenvalue weighted by atomic mass is 16.1. The molecule has 1 aromatic carbocycles. The maximum absolute atomic E-state index is 11.5. The van der Waals surface area contributed by atoms with Crippen LogP contribution in [0.4, 0.5) is 0 Å². The van der Waals surface area contributed by atoms with Crippen LogP contribution in [0.2, 0.25) is 0 Å². The molecule has 0 spiro atoms. The van der Waals surface area contributed by atoms with Gasteiger partial charge in [0.1, 0.15) is 0 Å². The molecule has 0 bridgehead atoms. The zero-order chi connectivity index (χ0) is 12.3. The van der Waals surface area contributed by atoms with Crippen LogP contribution in [0.25, 0.3) is 17.0 Å². The van der Waals surface area contributed by atoms with E-state index in [1.807, 2.05) is 6.07 Å². The number of amides is 1. The number of aromatic amines is 1. The van der Waals surface area contributed by atoms with E-state index in [2.05, 4.69) is 9.97 Å². The number of nitrogens with one attached hydrogen (secondary N) is 1. The summed E-state index contributed by atoms with van der Waals surface area (Å²) in [6, 6.07) is 5.31. The molecule has 86 valence electrons. The molecule has 2 rings (SSSR count). The largest absolute Gasteiger partial charge is 0.369 e. The smallest absolute Gasteiger partial charge is 0.258 e. The lowest BCUT2D eigenvalue weighted by Crippen LogP contribution is -2.08. The Morgan fingerprint density at radius 2 is 2.29 bits per heavy atom. The number of rotatable bonds is 3. The number of nitrogens with two attached hydrogens (primary N) is 1. The molecule has 0 saturated carbocycles. The fourth-order valence-corrected chi connectivity index (χ4v) is 1.50. The molecule has 17 heavy (non-hydrogen) atoms. The molecule has 5 heteroatoms. The number of fused-ring (bicyclic) bond motifs is 1. The van der Waals surface area contributed by atoms with Gasteiger partial charge in [-0.3, -0.25) is 9.59 Å². The summed E-state index contributed by atoms with van der Waals surface area (Å²) in [5.74, 6) is -0.387. The first kappa shape index (κ1) is 11.1. The normalized spacial score (nSPS) is 11.1. The quantitative estimate of drug-likeness (QED) is 0.816. The summed E-state index contributed by atoms with van der Waals surface area (Å²) < 4.78 is 0. The first-order valence-electron chi connectivity index (χ1n) is 5.09. The zero-order valence-corrected chi connectivity index (χ0v) is 9.01. The SMILES string of the molecule is NC(=O)CC=Cc1ccc2nc[nH]c(=O)c2c1. The number of primary amides is 1. The average molecular weight is 229 g/mol. The number of carbonyl (C=O) groups is 1. The third-order valence-electron chi connectivity index (χ3n) is 2.29. The molecule has 0 aliphatic heterocycles. The second kappa shape index (κ2) is 4.61. The van der Waals surface area contributed by atoms with Crippen molar-refractivity contribution in [2.75, 3.05) is 0 Å². The average Bonchev–Trinajstić information content (AvgIpc) is 2.30. The summed E-state index contributed by atoms with van der Waals surface area (Å²) in [5, 5.41) is 0.522. The van der Waals surface area contributed by atoms with Crippen LogP contribution in [0.15, 0.2) is 35.4 Å². The molecule has 1 amide bonds. The van der Waals surface area contributed by atoms with Gasteiger partial charge in [0.05, 0.1) is 17.2 Å². The van der Waals surface area contributed by atoms with E-state index in [4.69, 9.17) is 5.73 Å². The molecule has 2 aromatic rings. The van der Waals surface area contributed by atoms with Crippen molar-refractivity contribution in [2.24, 2.45) is 5.73 Å². The van der Waals surface area contributed by atoms with Crippen molar-refractivity contribution in [1.29, 1.82) is 0 Å². The Balaban J connectivity index is 2.38. The van der Waals surface area contributed by atoms with E-state index >= 15 is 0 Å². The summed E-state index contributed by atoms with van der Waals surface area (Å²) in [6.07, 6.45) is 4.96.